The Morgan fingerprint density at radius 2 is 0.705 bits per heavy atom. The van der Waals surface area contributed by atoms with Crippen LogP contribution in [0.15, 0.2) is 237 Å². The number of hydrogen-bond acceptors (Lipinski definition) is 1. The van der Waals surface area contributed by atoms with Crippen LogP contribution in [0, 0.1) is 0 Å². The van der Waals surface area contributed by atoms with Gasteiger partial charge in [-0.25, -0.2) is 0 Å². The lowest BCUT2D eigenvalue weighted by molar-refractivity contribution is 1.18. The Morgan fingerprint density at radius 3 is 1.26 bits per heavy atom. The molecular formula is C58H39N3. The highest BCUT2D eigenvalue weighted by atomic mass is 15.1. The summed E-state index contributed by atoms with van der Waals surface area (Å²) < 4.78 is 4.77. The van der Waals surface area contributed by atoms with Crippen LogP contribution in [0.1, 0.15) is 0 Å². The van der Waals surface area contributed by atoms with Crippen LogP contribution in [-0.2, 0) is 0 Å². The average molecular weight is 778 g/mol. The molecule has 0 bridgehead atoms. The van der Waals surface area contributed by atoms with Gasteiger partial charge in [0.25, 0.3) is 0 Å². The van der Waals surface area contributed by atoms with Crippen molar-refractivity contribution in [2.24, 2.45) is 0 Å². The normalized spacial score (nSPS) is 11.6. The molecular weight excluding hydrogens is 739 g/mol. The molecule has 0 radical (unpaired) electrons. The smallest absolute Gasteiger partial charge is 0.0541 e. The molecule has 0 aliphatic heterocycles. The van der Waals surface area contributed by atoms with E-state index in [-0.39, 0.29) is 0 Å². The number of rotatable bonds is 7. The van der Waals surface area contributed by atoms with E-state index in [4.69, 9.17) is 0 Å². The number of para-hydroxylation sites is 5. The van der Waals surface area contributed by atoms with Gasteiger partial charge in [0.15, 0.2) is 0 Å². The predicted molar refractivity (Wildman–Crippen MR) is 258 cm³/mol. The molecule has 0 saturated heterocycles. The number of hydrogen-bond donors (Lipinski definition) is 0. The molecule has 0 aliphatic rings. The maximum atomic E-state index is 2.40. The third-order valence-electron chi connectivity index (χ3n) is 12.2. The van der Waals surface area contributed by atoms with Gasteiger partial charge in [-0.05, 0) is 136 Å². The zero-order chi connectivity index (χ0) is 40.3. The molecule has 12 aromatic rings. The SMILES string of the molecule is c1ccc(N(c2cc(-c3ccc4c(c3)c3ccccc3n4-c3ccccc3)cc(-c3ccc4c(c3)c3ccccc3n4-c3ccccc3)c2)c2ccc3ccccc3c2)cc1. The van der Waals surface area contributed by atoms with Crippen molar-refractivity contribution < 1.29 is 0 Å². The summed E-state index contributed by atoms with van der Waals surface area (Å²) in [5.74, 6) is 0. The number of anilines is 3. The zero-order valence-corrected chi connectivity index (χ0v) is 33.4. The van der Waals surface area contributed by atoms with Crippen molar-refractivity contribution in [3.63, 3.8) is 0 Å². The topological polar surface area (TPSA) is 13.1 Å². The molecule has 12 rings (SSSR count). The average Bonchev–Trinajstić information content (AvgIpc) is 3.85. The van der Waals surface area contributed by atoms with E-state index in [1.807, 2.05) is 0 Å². The van der Waals surface area contributed by atoms with Crippen molar-refractivity contribution in [3.05, 3.63) is 237 Å². The van der Waals surface area contributed by atoms with Gasteiger partial charge in [-0.1, -0.05) is 133 Å². The van der Waals surface area contributed by atoms with Gasteiger partial charge in [0.05, 0.1) is 22.1 Å². The van der Waals surface area contributed by atoms with E-state index in [1.165, 1.54) is 65.5 Å². The Labute approximate surface area is 354 Å². The molecule has 0 N–H and O–H groups in total. The summed E-state index contributed by atoms with van der Waals surface area (Å²) in [6.45, 7) is 0. The molecule has 3 heteroatoms. The van der Waals surface area contributed by atoms with Crippen molar-refractivity contribution in [2.45, 2.75) is 0 Å². The van der Waals surface area contributed by atoms with Crippen LogP contribution in [0.5, 0.6) is 0 Å². The fourth-order valence-electron chi connectivity index (χ4n) is 9.43. The first-order valence-corrected chi connectivity index (χ1v) is 20.9. The van der Waals surface area contributed by atoms with Crippen LogP contribution in [-0.4, -0.2) is 9.13 Å². The Kier molecular flexibility index (Phi) is 8.17. The third kappa shape index (κ3) is 5.90. The summed E-state index contributed by atoms with van der Waals surface area (Å²) in [5, 5.41) is 7.36. The Hall–Kier alpha value is -8.14. The summed E-state index contributed by atoms with van der Waals surface area (Å²) in [7, 11) is 0. The number of aromatic nitrogens is 2. The molecule has 3 nitrogen and oxygen atoms in total. The highest BCUT2D eigenvalue weighted by Crippen LogP contribution is 2.43. The van der Waals surface area contributed by atoms with Crippen molar-refractivity contribution in [3.8, 4) is 33.6 Å². The standard InChI is InChI=1S/C58H39N3/c1-4-18-46(19-5-1)59(49-31-28-40-16-10-11-17-41(40)35-49)50-36-44(42-29-32-57-53(38-42)51-24-12-14-26-55(51)60(57)47-20-6-2-7-21-47)34-45(37-50)43-30-33-58-54(39-43)52-25-13-15-27-56(52)61(58)48-22-8-3-9-23-48/h1-39H. The zero-order valence-electron chi connectivity index (χ0n) is 33.4. The van der Waals surface area contributed by atoms with E-state index < -0.39 is 0 Å². The van der Waals surface area contributed by atoms with Crippen molar-refractivity contribution >= 4 is 71.4 Å². The molecule has 0 amide bonds. The first kappa shape index (κ1) is 34.9. The van der Waals surface area contributed by atoms with Gasteiger partial charge < -0.3 is 14.0 Å². The van der Waals surface area contributed by atoms with Gasteiger partial charge in [-0.3, -0.25) is 0 Å². The van der Waals surface area contributed by atoms with Gasteiger partial charge in [0.1, 0.15) is 0 Å². The molecule has 0 saturated carbocycles. The van der Waals surface area contributed by atoms with Gasteiger partial charge in [-0.2, -0.15) is 0 Å². The first-order valence-electron chi connectivity index (χ1n) is 20.9. The van der Waals surface area contributed by atoms with Crippen molar-refractivity contribution in [2.75, 3.05) is 4.90 Å². The second-order valence-corrected chi connectivity index (χ2v) is 15.8. The lowest BCUT2D eigenvalue weighted by Gasteiger charge is -2.27. The van der Waals surface area contributed by atoms with E-state index in [9.17, 15) is 0 Å². The van der Waals surface area contributed by atoms with Gasteiger partial charge >= 0.3 is 0 Å². The van der Waals surface area contributed by atoms with E-state index in [0.29, 0.717) is 0 Å². The monoisotopic (exact) mass is 777 g/mol. The Balaban J connectivity index is 1.11. The summed E-state index contributed by atoms with van der Waals surface area (Å²) in [6, 6.07) is 86.1. The molecule has 0 fully saturated rings. The minimum absolute atomic E-state index is 1.09. The maximum Gasteiger partial charge on any atom is 0.0541 e. The van der Waals surface area contributed by atoms with Crippen LogP contribution >= 0.6 is 0 Å². The van der Waals surface area contributed by atoms with E-state index in [0.717, 1.165) is 39.6 Å². The lowest BCUT2D eigenvalue weighted by atomic mass is 9.95. The molecule has 2 aromatic heterocycles. The lowest BCUT2D eigenvalue weighted by Crippen LogP contribution is -2.10. The Bertz CT molecular complexity index is 3410. The summed E-state index contributed by atoms with van der Waals surface area (Å²) in [4.78, 5) is 2.40. The van der Waals surface area contributed by atoms with Crippen molar-refractivity contribution in [1.29, 1.82) is 0 Å². The number of nitrogens with zero attached hydrogens (tertiary/aromatic N) is 3. The van der Waals surface area contributed by atoms with E-state index in [2.05, 4.69) is 251 Å². The molecule has 61 heavy (non-hydrogen) atoms. The van der Waals surface area contributed by atoms with E-state index in [1.54, 1.807) is 0 Å². The second-order valence-electron chi connectivity index (χ2n) is 15.8. The van der Waals surface area contributed by atoms with E-state index >= 15 is 0 Å². The minimum Gasteiger partial charge on any atom is -0.310 e. The van der Waals surface area contributed by atoms with Crippen molar-refractivity contribution in [1.82, 2.24) is 9.13 Å². The Morgan fingerprint density at radius 1 is 0.246 bits per heavy atom. The van der Waals surface area contributed by atoms with Crippen LogP contribution in [0.4, 0.5) is 17.1 Å². The quantitative estimate of drug-likeness (QED) is 0.157. The van der Waals surface area contributed by atoms with Crippen LogP contribution in [0.2, 0.25) is 0 Å². The maximum absolute atomic E-state index is 2.40. The molecule has 0 spiro atoms. The largest absolute Gasteiger partial charge is 0.310 e. The molecule has 0 unspecified atom stereocenters. The molecule has 10 aromatic carbocycles. The van der Waals surface area contributed by atoms with Crippen LogP contribution < -0.4 is 4.90 Å². The minimum atomic E-state index is 1.09. The molecule has 0 aliphatic carbocycles. The summed E-state index contributed by atoms with van der Waals surface area (Å²) in [5.41, 5.74) is 15.0. The first-order chi connectivity index (χ1) is 30.2. The predicted octanol–water partition coefficient (Wildman–Crippen LogP) is 15.8. The van der Waals surface area contributed by atoms with Crippen LogP contribution in [0.25, 0.3) is 88.0 Å². The summed E-state index contributed by atoms with van der Waals surface area (Å²) >= 11 is 0. The van der Waals surface area contributed by atoms with Gasteiger partial charge in [0.2, 0.25) is 0 Å². The number of benzene rings is 10. The second kappa shape index (κ2) is 14.3. The van der Waals surface area contributed by atoms with Gasteiger partial charge in [-0.15, -0.1) is 0 Å². The highest BCUT2D eigenvalue weighted by Gasteiger charge is 2.19. The van der Waals surface area contributed by atoms with Crippen LogP contribution in [0.3, 0.4) is 0 Å². The molecule has 0 atom stereocenters. The molecule has 2 heterocycles. The summed E-state index contributed by atoms with van der Waals surface area (Å²) in [6.07, 6.45) is 0. The number of fused-ring (bicyclic) bond motifs is 7. The molecule has 286 valence electrons. The fraction of sp³-hybridized carbons (Fsp3) is 0. The highest BCUT2D eigenvalue weighted by molar-refractivity contribution is 6.12. The fourth-order valence-corrected chi connectivity index (χ4v) is 9.43. The van der Waals surface area contributed by atoms with Gasteiger partial charge in [0, 0.05) is 50.0 Å². The third-order valence-corrected chi connectivity index (χ3v) is 12.2.